The van der Waals surface area contributed by atoms with Crippen LogP contribution in [0.1, 0.15) is 0 Å². The van der Waals surface area contributed by atoms with Crippen LogP contribution >= 0.6 is 0 Å². The summed E-state index contributed by atoms with van der Waals surface area (Å²) in [6.07, 6.45) is 0. The largest absolute Gasteiger partial charge is 0.456 e. The average molecular weight is 662 g/mol. The second kappa shape index (κ2) is 11.3. The molecule has 11 aromatic rings. The highest BCUT2D eigenvalue weighted by Gasteiger charge is 2.20. The van der Waals surface area contributed by atoms with E-state index in [4.69, 9.17) is 4.42 Å². The number of para-hydroxylation sites is 1. The molecule has 1 heterocycles. The van der Waals surface area contributed by atoms with Crippen molar-refractivity contribution in [2.45, 2.75) is 0 Å². The van der Waals surface area contributed by atoms with E-state index in [1.807, 2.05) is 6.07 Å². The van der Waals surface area contributed by atoms with Crippen molar-refractivity contribution in [3.8, 4) is 11.1 Å². The number of anilines is 3. The summed E-state index contributed by atoms with van der Waals surface area (Å²) in [5.74, 6) is 0. The molecule has 0 fully saturated rings. The molecule has 0 N–H and O–H groups in total. The first-order chi connectivity index (χ1) is 25.8. The van der Waals surface area contributed by atoms with Crippen LogP contribution in [0.4, 0.5) is 17.1 Å². The molecule has 0 saturated heterocycles. The zero-order chi connectivity index (χ0) is 34.2. The van der Waals surface area contributed by atoms with Crippen LogP contribution in [-0.2, 0) is 0 Å². The number of nitrogens with zero attached hydrogens (tertiary/aromatic N) is 1. The molecule has 0 bridgehead atoms. The molecule has 11 rings (SSSR count). The summed E-state index contributed by atoms with van der Waals surface area (Å²) in [7, 11) is 0. The molecule has 0 aliphatic carbocycles. The van der Waals surface area contributed by atoms with E-state index >= 15 is 0 Å². The molecule has 0 atom stereocenters. The Kier molecular flexibility index (Phi) is 6.28. The Morgan fingerprint density at radius 1 is 0.308 bits per heavy atom. The third kappa shape index (κ3) is 4.31. The van der Waals surface area contributed by atoms with Gasteiger partial charge in [-0.15, -0.1) is 0 Å². The second-order valence-corrected chi connectivity index (χ2v) is 13.6. The average Bonchev–Trinajstić information content (AvgIpc) is 3.60. The molecule has 242 valence electrons. The number of fused-ring (bicyclic) bond motifs is 12. The molecule has 0 unspecified atom stereocenters. The number of hydrogen-bond acceptors (Lipinski definition) is 2. The Bertz CT molecular complexity index is 3120. The maximum Gasteiger partial charge on any atom is 0.136 e. The van der Waals surface area contributed by atoms with E-state index in [9.17, 15) is 0 Å². The summed E-state index contributed by atoms with van der Waals surface area (Å²) in [5.41, 5.74) is 7.60. The minimum absolute atomic E-state index is 0.918. The van der Waals surface area contributed by atoms with Crippen LogP contribution in [0.15, 0.2) is 192 Å². The van der Waals surface area contributed by atoms with Gasteiger partial charge in [-0.3, -0.25) is 0 Å². The lowest BCUT2D eigenvalue weighted by Gasteiger charge is -2.28. The van der Waals surface area contributed by atoms with Crippen molar-refractivity contribution in [2.24, 2.45) is 0 Å². The summed E-state index contributed by atoms with van der Waals surface area (Å²) >= 11 is 0. The Labute approximate surface area is 300 Å². The summed E-state index contributed by atoms with van der Waals surface area (Å²) in [6, 6.07) is 68.1. The number of rotatable bonds is 4. The lowest BCUT2D eigenvalue weighted by molar-refractivity contribution is 0.669. The van der Waals surface area contributed by atoms with Gasteiger partial charge in [0.2, 0.25) is 0 Å². The molecular weight excluding hydrogens is 631 g/mol. The van der Waals surface area contributed by atoms with Crippen molar-refractivity contribution in [1.82, 2.24) is 0 Å². The van der Waals surface area contributed by atoms with Gasteiger partial charge >= 0.3 is 0 Å². The summed E-state index contributed by atoms with van der Waals surface area (Å²) < 4.78 is 6.37. The van der Waals surface area contributed by atoms with Gasteiger partial charge in [-0.05, 0) is 97.4 Å². The van der Waals surface area contributed by atoms with E-state index in [1.165, 1.54) is 70.4 Å². The van der Waals surface area contributed by atoms with Crippen molar-refractivity contribution >= 4 is 92.9 Å². The van der Waals surface area contributed by atoms with E-state index in [1.54, 1.807) is 0 Å². The van der Waals surface area contributed by atoms with Gasteiger partial charge in [0.25, 0.3) is 0 Å². The first-order valence-corrected chi connectivity index (χ1v) is 17.8. The number of hydrogen-bond donors (Lipinski definition) is 0. The quantitative estimate of drug-likeness (QED) is 0.175. The molecule has 0 aliphatic rings. The minimum atomic E-state index is 0.918. The van der Waals surface area contributed by atoms with Gasteiger partial charge < -0.3 is 9.32 Å². The van der Waals surface area contributed by atoms with Crippen LogP contribution in [0.25, 0.3) is 86.9 Å². The summed E-state index contributed by atoms with van der Waals surface area (Å²) in [4.78, 5) is 2.43. The maximum atomic E-state index is 6.37. The van der Waals surface area contributed by atoms with E-state index in [2.05, 4.69) is 187 Å². The molecule has 2 heteroatoms. The first-order valence-electron chi connectivity index (χ1n) is 17.8. The zero-order valence-corrected chi connectivity index (χ0v) is 28.3. The van der Waals surface area contributed by atoms with Crippen LogP contribution in [0.5, 0.6) is 0 Å². The van der Waals surface area contributed by atoms with Crippen molar-refractivity contribution < 1.29 is 4.42 Å². The Hall–Kier alpha value is -6.90. The lowest BCUT2D eigenvalue weighted by Crippen LogP contribution is -2.11. The highest BCUT2D eigenvalue weighted by atomic mass is 16.3. The topological polar surface area (TPSA) is 16.4 Å². The molecule has 2 nitrogen and oxygen atoms in total. The van der Waals surface area contributed by atoms with Crippen LogP contribution < -0.4 is 4.90 Å². The monoisotopic (exact) mass is 661 g/mol. The fourth-order valence-electron chi connectivity index (χ4n) is 8.48. The first kappa shape index (κ1) is 28.9. The Morgan fingerprint density at radius 2 is 0.846 bits per heavy atom. The normalized spacial score (nSPS) is 11.8. The smallest absolute Gasteiger partial charge is 0.136 e. The number of benzene rings is 10. The predicted octanol–water partition coefficient (Wildman–Crippen LogP) is 14.5. The van der Waals surface area contributed by atoms with Gasteiger partial charge in [0, 0.05) is 32.6 Å². The van der Waals surface area contributed by atoms with Gasteiger partial charge in [-0.2, -0.15) is 0 Å². The summed E-state index contributed by atoms with van der Waals surface area (Å²) in [5, 5.41) is 14.7. The molecule has 0 spiro atoms. The molecule has 10 aromatic carbocycles. The zero-order valence-electron chi connectivity index (χ0n) is 28.3. The molecule has 0 radical (unpaired) electrons. The van der Waals surface area contributed by atoms with Crippen molar-refractivity contribution in [3.63, 3.8) is 0 Å². The van der Waals surface area contributed by atoms with Gasteiger partial charge in [0.1, 0.15) is 11.2 Å². The summed E-state index contributed by atoms with van der Waals surface area (Å²) in [6.45, 7) is 0. The fraction of sp³-hybridized carbons (Fsp3) is 0. The third-order valence-electron chi connectivity index (χ3n) is 10.8. The predicted molar refractivity (Wildman–Crippen MR) is 221 cm³/mol. The van der Waals surface area contributed by atoms with Gasteiger partial charge in [0.15, 0.2) is 0 Å². The van der Waals surface area contributed by atoms with Crippen LogP contribution in [-0.4, -0.2) is 0 Å². The van der Waals surface area contributed by atoms with E-state index in [0.717, 1.165) is 33.6 Å². The minimum Gasteiger partial charge on any atom is -0.456 e. The highest BCUT2D eigenvalue weighted by molar-refractivity contribution is 6.34. The van der Waals surface area contributed by atoms with Crippen LogP contribution in [0.2, 0.25) is 0 Å². The highest BCUT2D eigenvalue weighted by Crippen LogP contribution is 2.45. The Morgan fingerprint density at radius 3 is 1.60 bits per heavy atom. The molecule has 0 aliphatic heterocycles. The fourth-order valence-corrected chi connectivity index (χ4v) is 8.48. The SMILES string of the molecule is c1cc(-c2ccc3c4ccccc4c4c(ccc5oc6ccccc6c54)c3c2)cc(N(c2cccc3ccccc23)c2cccc3ccccc23)c1. The van der Waals surface area contributed by atoms with Gasteiger partial charge in [-0.25, -0.2) is 0 Å². The van der Waals surface area contributed by atoms with E-state index in [-0.39, 0.29) is 0 Å². The lowest BCUT2D eigenvalue weighted by atomic mass is 9.90. The molecule has 0 amide bonds. The number of furan rings is 1. The van der Waals surface area contributed by atoms with Crippen LogP contribution in [0, 0.1) is 0 Å². The molecule has 1 aromatic heterocycles. The second-order valence-electron chi connectivity index (χ2n) is 13.6. The molecule has 52 heavy (non-hydrogen) atoms. The van der Waals surface area contributed by atoms with Crippen LogP contribution in [0.3, 0.4) is 0 Å². The van der Waals surface area contributed by atoms with Crippen molar-refractivity contribution in [1.29, 1.82) is 0 Å². The third-order valence-corrected chi connectivity index (χ3v) is 10.8. The van der Waals surface area contributed by atoms with Gasteiger partial charge in [0.05, 0.1) is 11.4 Å². The maximum absolute atomic E-state index is 6.37. The standard InChI is InChI=1S/C50H31NO/c1-3-18-37-32(12-1)14-10-23-45(37)51(46-24-11-15-33-13-2-4-19-38(33)46)36-17-9-16-34(30-36)35-26-27-40-39-20-5-6-21-41(39)49-42(44(40)31-35)28-29-48-50(49)43-22-7-8-25-47(43)52-48/h1-31H. The molecular formula is C50H31NO. The van der Waals surface area contributed by atoms with E-state index < -0.39 is 0 Å². The van der Waals surface area contributed by atoms with Crippen molar-refractivity contribution in [2.75, 3.05) is 4.90 Å². The van der Waals surface area contributed by atoms with Gasteiger partial charge in [-0.1, -0.05) is 140 Å². The van der Waals surface area contributed by atoms with E-state index in [0.29, 0.717) is 0 Å². The Balaban J connectivity index is 1.16. The molecule has 0 saturated carbocycles. The van der Waals surface area contributed by atoms with Crippen molar-refractivity contribution in [3.05, 3.63) is 188 Å².